The van der Waals surface area contributed by atoms with E-state index in [-0.39, 0.29) is 17.9 Å². The Kier molecular flexibility index (Phi) is 4.40. The van der Waals surface area contributed by atoms with Crippen molar-refractivity contribution in [1.29, 1.82) is 0 Å². The fourth-order valence-corrected chi connectivity index (χ4v) is 4.05. The predicted molar refractivity (Wildman–Crippen MR) is 96.1 cm³/mol. The molecule has 1 fully saturated rings. The van der Waals surface area contributed by atoms with Gasteiger partial charge in [-0.15, -0.1) is 0 Å². The molecule has 2 N–H and O–H groups in total. The molecule has 0 saturated carbocycles. The van der Waals surface area contributed by atoms with Crippen molar-refractivity contribution in [2.75, 3.05) is 29.9 Å². The molecule has 3 aliphatic rings. The summed E-state index contributed by atoms with van der Waals surface area (Å²) in [5, 5.41) is 5.30. The van der Waals surface area contributed by atoms with Crippen LogP contribution in [-0.2, 0) is 25.5 Å². The Morgan fingerprint density at radius 1 is 1.27 bits per heavy atom. The van der Waals surface area contributed by atoms with Crippen LogP contribution < -0.4 is 15.5 Å². The minimum atomic E-state index is -0.695. The highest BCUT2D eigenvalue weighted by Gasteiger charge is 2.38. The average Bonchev–Trinajstić information content (AvgIpc) is 3.24. The number of carbonyl (C=O) groups is 3. The van der Waals surface area contributed by atoms with Gasteiger partial charge in [-0.05, 0) is 55.9 Å². The maximum Gasteiger partial charge on any atom is 0.313 e. The molecule has 138 valence electrons. The van der Waals surface area contributed by atoms with E-state index in [0.717, 1.165) is 49.0 Å². The van der Waals surface area contributed by atoms with Gasteiger partial charge in [0, 0.05) is 25.4 Å². The van der Waals surface area contributed by atoms with Crippen molar-refractivity contribution >= 4 is 29.1 Å². The second kappa shape index (κ2) is 6.72. The van der Waals surface area contributed by atoms with Crippen molar-refractivity contribution in [1.82, 2.24) is 5.32 Å². The summed E-state index contributed by atoms with van der Waals surface area (Å²) in [5.41, 5.74) is 3.55. The Labute approximate surface area is 152 Å². The van der Waals surface area contributed by atoms with Crippen molar-refractivity contribution in [3.63, 3.8) is 0 Å². The molecular weight excluding hydrogens is 334 g/mol. The molecule has 0 unspecified atom stereocenters. The quantitative estimate of drug-likeness (QED) is 0.799. The van der Waals surface area contributed by atoms with Crippen molar-refractivity contribution in [3.05, 3.63) is 23.3 Å². The van der Waals surface area contributed by atoms with Crippen LogP contribution in [0.15, 0.2) is 12.1 Å². The van der Waals surface area contributed by atoms with Gasteiger partial charge in [0.2, 0.25) is 5.91 Å². The first-order valence-electron chi connectivity index (χ1n) is 9.23. The van der Waals surface area contributed by atoms with Crippen LogP contribution in [-0.4, -0.2) is 43.5 Å². The minimum absolute atomic E-state index is 0.00551. The third-order valence-electron chi connectivity index (χ3n) is 5.40. The van der Waals surface area contributed by atoms with E-state index in [4.69, 9.17) is 4.74 Å². The zero-order chi connectivity index (χ0) is 18.3. The Morgan fingerprint density at radius 2 is 2.12 bits per heavy atom. The number of rotatable bonds is 3. The van der Waals surface area contributed by atoms with Crippen LogP contribution >= 0.6 is 0 Å². The molecule has 1 aromatic carbocycles. The van der Waals surface area contributed by atoms with Gasteiger partial charge in [-0.2, -0.15) is 0 Å². The molecule has 0 aromatic heterocycles. The largest absolute Gasteiger partial charge is 0.376 e. The molecule has 3 amide bonds. The number of carbonyl (C=O) groups excluding carboxylic acids is 3. The second-order valence-corrected chi connectivity index (χ2v) is 7.19. The topological polar surface area (TPSA) is 87.7 Å². The van der Waals surface area contributed by atoms with Crippen LogP contribution in [0.25, 0.3) is 0 Å². The molecule has 26 heavy (non-hydrogen) atoms. The van der Waals surface area contributed by atoms with Crippen LogP contribution in [0.2, 0.25) is 0 Å². The van der Waals surface area contributed by atoms with E-state index in [2.05, 4.69) is 10.6 Å². The summed E-state index contributed by atoms with van der Waals surface area (Å²) >= 11 is 0. The molecule has 0 aliphatic carbocycles. The number of nitrogens with zero attached hydrogens (tertiary/aromatic N) is 1. The van der Waals surface area contributed by atoms with Gasteiger partial charge in [0.25, 0.3) is 0 Å². The molecule has 1 saturated heterocycles. The summed E-state index contributed by atoms with van der Waals surface area (Å²) < 4.78 is 5.44. The third-order valence-corrected chi connectivity index (χ3v) is 5.40. The monoisotopic (exact) mass is 357 g/mol. The smallest absolute Gasteiger partial charge is 0.313 e. The van der Waals surface area contributed by atoms with E-state index in [9.17, 15) is 14.4 Å². The Hall–Kier alpha value is -2.41. The highest BCUT2D eigenvalue weighted by Crippen LogP contribution is 2.44. The minimum Gasteiger partial charge on any atom is -0.376 e. The Bertz CT molecular complexity index is 770. The van der Waals surface area contributed by atoms with Gasteiger partial charge in [-0.3, -0.25) is 14.4 Å². The fourth-order valence-electron chi connectivity index (χ4n) is 4.05. The highest BCUT2D eigenvalue weighted by molar-refractivity contribution is 6.39. The number of hydrogen-bond donors (Lipinski definition) is 2. The molecule has 3 aliphatic heterocycles. The Balaban J connectivity index is 1.46. The van der Waals surface area contributed by atoms with Crippen LogP contribution in [0.4, 0.5) is 11.4 Å². The first-order chi connectivity index (χ1) is 12.5. The average molecular weight is 357 g/mol. The summed E-state index contributed by atoms with van der Waals surface area (Å²) in [6.45, 7) is 3.69. The summed E-state index contributed by atoms with van der Waals surface area (Å²) in [5.74, 6) is -1.47. The van der Waals surface area contributed by atoms with E-state index >= 15 is 0 Å². The van der Waals surface area contributed by atoms with Crippen molar-refractivity contribution in [2.24, 2.45) is 0 Å². The van der Waals surface area contributed by atoms with Gasteiger partial charge >= 0.3 is 11.8 Å². The van der Waals surface area contributed by atoms with E-state index in [0.29, 0.717) is 18.8 Å². The van der Waals surface area contributed by atoms with Gasteiger partial charge in [-0.1, -0.05) is 0 Å². The molecule has 0 spiro atoms. The van der Waals surface area contributed by atoms with Gasteiger partial charge < -0.3 is 20.3 Å². The molecule has 7 nitrogen and oxygen atoms in total. The fraction of sp³-hybridized carbons (Fsp3) is 0.526. The van der Waals surface area contributed by atoms with Gasteiger partial charge in [0.15, 0.2) is 0 Å². The summed E-state index contributed by atoms with van der Waals surface area (Å²) in [4.78, 5) is 38.5. The molecule has 2 atom stereocenters. The standard InChI is InChI=1S/C19H23N3O4/c1-11-15-9-13(8-12-4-2-6-22(16(12)15)19(11)25)21-18(24)17(23)20-10-14-5-3-7-26-14/h8-9,11,14H,2-7,10H2,1H3,(H,20,23)(H,21,24)/t11-,14-/m1/s1. The maximum atomic E-state index is 12.4. The zero-order valence-corrected chi connectivity index (χ0v) is 14.8. The lowest BCUT2D eigenvalue weighted by Crippen LogP contribution is -2.39. The third kappa shape index (κ3) is 2.96. The van der Waals surface area contributed by atoms with E-state index in [1.807, 2.05) is 24.0 Å². The van der Waals surface area contributed by atoms with Crippen LogP contribution in [0.3, 0.4) is 0 Å². The predicted octanol–water partition coefficient (Wildman–Crippen LogP) is 1.32. The van der Waals surface area contributed by atoms with Crippen molar-refractivity contribution < 1.29 is 19.1 Å². The van der Waals surface area contributed by atoms with Gasteiger partial charge in [0.1, 0.15) is 0 Å². The van der Waals surface area contributed by atoms with E-state index < -0.39 is 11.8 Å². The molecule has 7 heteroatoms. The zero-order valence-electron chi connectivity index (χ0n) is 14.8. The van der Waals surface area contributed by atoms with Crippen LogP contribution in [0, 0.1) is 0 Å². The number of aryl methyl sites for hydroxylation is 1. The first-order valence-corrected chi connectivity index (χ1v) is 9.23. The molecule has 3 heterocycles. The molecule has 0 bridgehead atoms. The van der Waals surface area contributed by atoms with Crippen molar-refractivity contribution in [2.45, 2.75) is 44.6 Å². The summed E-state index contributed by atoms with van der Waals surface area (Å²) in [6.07, 6.45) is 3.66. The maximum absolute atomic E-state index is 12.4. The van der Waals surface area contributed by atoms with Crippen LogP contribution in [0.5, 0.6) is 0 Å². The molecule has 1 aromatic rings. The number of amides is 3. The second-order valence-electron chi connectivity index (χ2n) is 7.19. The van der Waals surface area contributed by atoms with Crippen molar-refractivity contribution in [3.8, 4) is 0 Å². The van der Waals surface area contributed by atoms with Gasteiger partial charge in [0.05, 0.1) is 17.7 Å². The Morgan fingerprint density at radius 3 is 2.88 bits per heavy atom. The lowest BCUT2D eigenvalue weighted by atomic mass is 9.96. The van der Waals surface area contributed by atoms with E-state index in [1.165, 1.54) is 0 Å². The summed E-state index contributed by atoms with van der Waals surface area (Å²) in [6, 6.07) is 3.69. The number of benzene rings is 1. The SMILES string of the molecule is C[C@H]1C(=O)N2CCCc3cc(NC(=O)C(=O)NC[C@H]4CCCO4)cc1c32. The normalized spacial score (nSPS) is 23.7. The lowest BCUT2D eigenvalue weighted by Gasteiger charge is -2.26. The van der Waals surface area contributed by atoms with Gasteiger partial charge in [-0.25, -0.2) is 0 Å². The number of nitrogens with one attached hydrogen (secondary N) is 2. The molecule has 0 radical (unpaired) electrons. The molecule has 4 rings (SSSR count). The van der Waals surface area contributed by atoms with E-state index in [1.54, 1.807) is 0 Å². The number of ether oxygens (including phenoxy) is 1. The summed E-state index contributed by atoms with van der Waals surface area (Å²) in [7, 11) is 0. The first kappa shape index (κ1) is 17.0. The molecular formula is C19H23N3O4. The number of anilines is 2. The number of hydrogen-bond acceptors (Lipinski definition) is 4. The lowest BCUT2D eigenvalue weighted by molar-refractivity contribution is -0.136. The van der Waals surface area contributed by atoms with Crippen LogP contribution in [0.1, 0.15) is 43.2 Å². The highest BCUT2D eigenvalue weighted by atomic mass is 16.5.